The topological polar surface area (TPSA) is 85.7 Å². The minimum atomic E-state index is -0.286. The Kier molecular flexibility index (Phi) is 7.76. The molecule has 1 heterocycles. The van der Waals surface area contributed by atoms with Crippen LogP contribution in [0.4, 0.5) is 10.1 Å². The van der Waals surface area contributed by atoms with Crippen LogP contribution in [0.2, 0.25) is 0 Å². The third kappa shape index (κ3) is 5.78. The second-order valence-electron chi connectivity index (χ2n) is 7.33. The van der Waals surface area contributed by atoms with Crippen molar-refractivity contribution in [2.24, 2.45) is 16.6 Å². The van der Waals surface area contributed by atoms with Crippen molar-refractivity contribution in [3.05, 3.63) is 83.1 Å². The van der Waals surface area contributed by atoms with E-state index in [4.69, 9.17) is 16.3 Å². The van der Waals surface area contributed by atoms with Crippen LogP contribution in [0, 0.1) is 0 Å². The van der Waals surface area contributed by atoms with E-state index in [0.29, 0.717) is 31.4 Å². The number of nitrogen functional groups attached to an aromatic ring is 1. The Hall–Kier alpha value is -2.96. The first-order valence-corrected chi connectivity index (χ1v) is 10.2. The summed E-state index contributed by atoms with van der Waals surface area (Å²) in [5.74, 6) is 6.11. The summed E-state index contributed by atoms with van der Waals surface area (Å²) in [5, 5.41) is 0. The standard InChI is InChI=1S/C24H29FN4O/c1-2-17-12-18(9-11-24(17)29-27)20-8-10-22(15-28-14-20)30-16-21(26)13-19-6-4-3-5-7-23(19)25/h3-5,7-9,11-12,14-15,21,29H,2,6,10,13,16,26-27H2,1H3. The van der Waals surface area contributed by atoms with E-state index in [2.05, 4.69) is 29.5 Å². The van der Waals surface area contributed by atoms with Gasteiger partial charge in [0.05, 0.1) is 11.9 Å². The number of rotatable bonds is 8. The predicted molar refractivity (Wildman–Crippen MR) is 122 cm³/mol. The van der Waals surface area contributed by atoms with Crippen LogP contribution in [-0.4, -0.2) is 18.9 Å². The zero-order valence-electron chi connectivity index (χ0n) is 17.3. The monoisotopic (exact) mass is 408 g/mol. The van der Waals surface area contributed by atoms with Gasteiger partial charge in [-0.05, 0) is 59.7 Å². The molecule has 1 aliphatic carbocycles. The molecular formula is C24H29FN4O. The van der Waals surface area contributed by atoms with E-state index in [1.807, 2.05) is 30.5 Å². The summed E-state index contributed by atoms with van der Waals surface area (Å²) in [6.07, 6.45) is 15.1. The normalized spacial score (nSPS) is 17.2. The number of aliphatic imine (C=N–C) groups is 1. The van der Waals surface area contributed by atoms with Gasteiger partial charge in [-0.15, -0.1) is 0 Å². The highest BCUT2D eigenvalue weighted by atomic mass is 19.1. The summed E-state index contributed by atoms with van der Waals surface area (Å²) >= 11 is 0. The van der Waals surface area contributed by atoms with Gasteiger partial charge in [-0.2, -0.15) is 0 Å². The number of halogens is 1. The maximum absolute atomic E-state index is 14.0. The van der Waals surface area contributed by atoms with Crippen molar-refractivity contribution in [1.29, 1.82) is 0 Å². The fraction of sp³-hybridized carbons (Fsp3) is 0.292. The van der Waals surface area contributed by atoms with Crippen LogP contribution in [0.1, 0.15) is 37.3 Å². The Labute approximate surface area is 177 Å². The zero-order valence-corrected chi connectivity index (χ0v) is 17.3. The molecule has 0 saturated heterocycles. The highest BCUT2D eigenvalue weighted by Gasteiger charge is 2.13. The van der Waals surface area contributed by atoms with Crippen LogP contribution >= 0.6 is 0 Å². The molecule has 1 atom stereocenters. The Balaban J connectivity index is 1.58. The van der Waals surface area contributed by atoms with E-state index >= 15 is 0 Å². The van der Waals surface area contributed by atoms with E-state index in [9.17, 15) is 4.39 Å². The second kappa shape index (κ2) is 10.7. The maximum Gasteiger partial charge on any atom is 0.122 e. The molecule has 5 N–H and O–H groups in total. The minimum absolute atomic E-state index is 0.205. The molecule has 2 aliphatic rings. The van der Waals surface area contributed by atoms with Gasteiger partial charge < -0.3 is 15.9 Å². The molecule has 0 saturated carbocycles. The molecule has 1 aromatic rings. The molecule has 1 unspecified atom stereocenters. The van der Waals surface area contributed by atoms with Crippen LogP contribution < -0.4 is 17.0 Å². The fourth-order valence-electron chi connectivity index (χ4n) is 3.43. The van der Waals surface area contributed by atoms with Crippen molar-refractivity contribution in [3.8, 4) is 0 Å². The van der Waals surface area contributed by atoms with E-state index in [0.717, 1.165) is 34.6 Å². The SMILES string of the molecule is CCc1cc(C2=CCC(OCC(N)CC3=C(F)C=CC=CC3)=CN=C2)ccc1NN. The van der Waals surface area contributed by atoms with E-state index in [1.165, 1.54) is 6.08 Å². The summed E-state index contributed by atoms with van der Waals surface area (Å²) in [6, 6.07) is 5.83. The van der Waals surface area contributed by atoms with Crippen LogP contribution in [0.25, 0.3) is 5.57 Å². The first-order chi connectivity index (χ1) is 14.6. The number of hydrogen-bond acceptors (Lipinski definition) is 5. The smallest absolute Gasteiger partial charge is 0.122 e. The summed E-state index contributed by atoms with van der Waals surface area (Å²) < 4.78 is 19.9. The first kappa shape index (κ1) is 21.7. The lowest BCUT2D eigenvalue weighted by atomic mass is 10.0. The minimum Gasteiger partial charge on any atom is -0.494 e. The van der Waals surface area contributed by atoms with Gasteiger partial charge in [0.2, 0.25) is 0 Å². The average molecular weight is 409 g/mol. The van der Waals surface area contributed by atoms with Crippen LogP contribution in [0.5, 0.6) is 0 Å². The highest BCUT2D eigenvalue weighted by molar-refractivity contribution is 6.10. The molecule has 30 heavy (non-hydrogen) atoms. The molecule has 0 amide bonds. The molecule has 0 radical (unpaired) electrons. The van der Waals surface area contributed by atoms with Gasteiger partial charge in [-0.25, -0.2) is 4.39 Å². The van der Waals surface area contributed by atoms with Gasteiger partial charge in [0.25, 0.3) is 0 Å². The molecule has 3 rings (SSSR count). The molecule has 0 fully saturated rings. The van der Waals surface area contributed by atoms with Crippen molar-refractivity contribution in [1.82, 2.24) is 0 Å². The lowest BCUT2D eigenvalue weighted by molar-refractivity contribution is 0.187. The van der Waals surface area contributed by atoms with Crippen LogP contribution in [-0.2, 0) is 11.2 Å². The number of hydrazine groups is 1. The number of hydrogen-bond donors (Lipinski definition) is 3. The first-order valence-electron chi connectivity index (χ1n) is 10.2. The van der Waals surface area contributed by atoms with E-state index in [-0.39, 0.29) is 11.9 Å². The largest absolute Gasteiger partial charge is 0.494 e. The third-order valence-corrected chi connectivity index (χ3v) is 5.11. The lowest BCUT2D eigenvalue weighted by Gasteiger charge is -2.16. The molecular weight excluding hydrogens is 379 g/mol. The second-order valence-corrected chi connectivity index (χ2v) is 7.33. The Morgan fingerprint density at radius 1 is 1.27 bits per heavy atom. The summed E-state index contributed by atoms with van der Waals surface area (Å²) in [7, 11) is 0. The average Bonchev–Trinajstić information content (AvgIpc) is 3.12. The number of anilines is 1. The Morgan fingerprint density at radius 3 is 2.93 bits per heavy atom. The summed E-state index contributed by atoms with van der Waals surface area (Å²) in [5.41, 5.74) is 13.8. The van der Waals surface area contributed by atoms with Gasteiger partial charge >= 0.3 is 0 Å². The van der Waals surface area contributed by atoms with Crippen molar-refractivity contribution in [2.45, 2.75) is 38.6 Å². The molecule has 6 heteroatoms. The maximum atomic E-state index is 14.0. The Morgan fingerprint density at radius 2 is 2.13 bits per heavy atom. The van der Waals surface area contributed by atoms with Gasteiger partial charge in [-0.3, -0.25) is 10.8 Å². The number of allylic oxidation sites excluding steroid dienone is 7. The summed E-state index contributed by atoms with van der Waals surface area (Å²) in [4.78, 5) is 4.38. The van der Waals surface area contributed by atoms with Crippen LogP contribution in [0.3, 0.4) is 0 Å². The molecule has 0 bridgehead atoms. The molecule has 158 valence electrons. The molecule has 0 aromatic heterocycles. The van der Waals surface area contributed by atoms with Gasteiger partial charge in [0, 0.05) is 18.7 Å². The number of nitrogens with two attached hydrogens (primary N) is 2. The number of benzene rings is 1. The Bertz CT molecular complexity index is 941. The number of ether oxygens (including phenoxy) is 1. The van der Waals surface area contributed by atoms with Gasteiger partial charge in [0.15, 0.2) is 0 Å². The molecule has 1 aromatic carbocycles. The summed E-state index contributed by atoms with van der Waals surface area (Å²) in [6.45, 7) is 2.40. The van der Waals surface area contributed by atoms with Crippen molar-refractivity contribution >= 4 is 17.5 Å². The van der Waals surface area contributed by atoms with Crippen molar-refractivity contribution < 1.29 is 9.13 Å². The molecule has 5 nitrogen and oxygen atoms in total. The molecule has 1 aliphatic heterocycles. The quantitative estimate of drug-likeness (QED) is 0.430. The third-order valence-electron chi connectivity index (χ3n) is 5.11. The van der Waals surface area contributed by atoms with E-state index in [1.54, 1.807) is 12.3 Å². The van der Waals surface area contributed by atoms with Crippen molar-refractivity contribution in [3.63, 3.8) is 0 Å². The fourth-order valence-corrected chi connectivity index (χ4v) is 3.43. The predicted octanol–water partition coefficient (Wildman–Crippen LogP) is 4.71. The number of nitrogens with zero attached hydrogens (tertiary/aromatic N) is 1. The number of nitrogens with one attached hydrogen (secondary N) is 1. The van der Waals surface area contributed by atoms with Gasteiger partial charge in [-0.1, -0.05) is 37.3 Å². The lowest BCUT2D eigenvalue weighted by Crippen LogP contribution is -2.26. The van der Waals surface area contributed by atoms with E-state index < -0.39 is 0 Å². The highest BCUT2D eigenvalue weighted by Crippen LogP contribution is 2.25. The van der Waals surface area contributed by atoms with Gasteiger partial charge in [0.1, 0.15) is 18.2 Å². The molecule has 0 spiro atoms. The number of aryl methyl sites for hydroxylation is 1. The zero-order chi connectivity index (χ0) is 21.3. The van der Waals surface area contributed by atoms with Crippen molar-refractivity contribution in [2.75, 3.05) is 12.0 Å². The van der Waals surface area contributed by atoms with Crippen LogP contribution in [0.15, 0.2) is 76.9 Å².